The third-order valence-corrected chi connectivity index (χ3v) is 6.99. The van der Waals surface area contributed by atoms with Crippen LogP contribution in [0.5, 0.6) is 0 Å². The van der Waals surface area contributed by atoms with Crippen molar-refractivity contribution in [1.82, 2.24) is 15.2 Å². The number of carbonyl (C=O) groups excluding carboxylic acids is 1. The lowest BCUT2D eigenvalue weighted by molar-refractivity contribution is -0.127. The van der Waals surface area contributed by atoms with Gasteiger partial charge in [-0.3, -0.25) is 9.69 Å². The Bertz CT molecular complexity index is 629. The van der Waals surface area contributed by atoms with Crippen molar-refractivity contribution < 1.29 is 9.21 Å². The number of nitrogens with two attached hydrogens (primary N) is 1. The topological polar surface area (TPSA) is 84.4 Å². The van der Waals surface area contributed by atoms with Crippen LogP contribution in [-0.4, -0.2) is 41.5 Å². The Hall–Kier alpha value is -1.40. The van der Waals surface area contributed by atoms with Gasteiger partial charge in [-0.05, 0) is 76.8 Å². The van der Waals surface area contributed by atoms with E-state index >= 15 is 0 Å². The molecule has 0 spiro atoms. The third kappa shape index (κ3) is 3.54. The maximum Gasteiger partial charge on any atom is 0.224 e. The highest BCUT2D eigenvalue weighted by atomic mass is 16.4. The number of rotatable bonds is 5. The molecule has 1 aromatic heterocycles. The predicted molar refractivity (Wildman–Crippen MR) is 99.3 cm³/mol. The molecule has 1 aliphatic heterocycles. The lowest BCUT2D eigenvalue weighted by atomic mass is 9.84. The van der Waals surface area contributed by atoms with Crippen LogP contribution in [0.1, 0.15) is 49.4 Å². The first-order chi connectivity index (χ1) is 12.5. The van der Waals surface area contributed by atoms with Crippen molar-refractivity contribution in [2.24, 2.45) is 29.4 Å². The first-order valence-corrected chi connectivity index (χ1v) is 10.2. The van der Waals surface area contributed by atoms with Crippen LogP contribution >= 0.6 is 0 Å². The zero-order valence-corrected chi connectivity index (χ0v) is 16.0. The van der Waals surface area contributed by atoms with E-state index in [2.05, 4.69) is 15.2 Å². The zero-order chi connectivity index (χ0) is 18.3. The monoisotopic (exact) mass is 360 g/mol. The number of hydrogen-bond donors (Lipinski definition) is 2. The van der Waals surface area contributed by atoms with Gasteiger partial charge < -0.3 is 15.5 Å². The molecular formula is C20H32N4O2. The molecule has 6 heteroatoms. The van der Waals surface area contributed by atoms with Gasteiger partial charge in [-0.25, -0.2) is 4.98 Å². The van der Waals surface area contributed by atoms with Gasteiger partial charge >= 0.3 is 0 Å². The minimum Gasteiger partial charge on any atom is -0.444 e. The van der Waals surface area contributed by atoms with Crippen LogP contribution in [0.4, 0.5) is 0 Å². The van der Waals surface area contributed by atoms with Crippen molar-refractivity contribution in [1.29, 1.82) is 0 Å². The first kappa shape index (κ1) is 18.0. The molecule has 1 amide bonds. The lowest BCUT2D eigenvalue weighted by Gasteiger charge is -2.32. The van der Waals surface area contributed by atoms with Gasteiger partial charge in [0.25, 0.3) is 0 Å². The summed E-state index contributed by atoms with van der Waals surface area (Å²) in [6, 6.07) is 0.0864. The molecule has 4 rings (SSSR count). The fourth-order valence-corrected chi connectivity index (χ4v) is 5.23. The summed E-state index contributed by atoms with van der Waals surface area (Å²) in [6.07, 6.45) is 5.80. The van der Waals surface area contributed by atoms with Gasteiger partial charge in [-0.1, -0.05) is 0 Å². The molecule has 4 unspecified atom stereocenters. The van der Waals surface area contributed by atoms with Gasteiger partial charge in [-0.15, -0.1) is 0 Å². The number of likely N-dealkylation sites (tertiary alicyclic amines) is 1. The molecule has 26 heavy (non-hydrogen) atoms. The Labute approximate surface area is 155 Å². The molecule has 3 N–H and O–H groups in total. The number of hydrogen-bond acceptors (Lipinski definition) is 5. The van der Waals surface area contributed by atoms with Gasteiger partial charge in [0.05, 0.1) is 18.2 Å². The van der Waals surface area contributed by atoms with E-state index in [-0.39, 0.29) is 17.9 Å². The first-order valence-electron chi connectivity index (χ1n) is 10.2. The van der Waals surface area contributed by atoms with Crippen molar-refractivity contribution in [3.8, 4) is 0 Å². The third-order valence-electron chi connectivity index (χ3n) is 6.99. The number of aromatic nitrogens is 1. The molecule has 3 fully saturated rings. The maximum absolute atomic E-state index is 12.6. The molecule has 0 radical (unpaired) electrons. The second-order valence-electron chi connectivity index (χ2n) is 8.65. The summed E-state index contributed by atoms with van der Waals surface area (Å²) < 4.78 is 5.69. The van der Waals surface area contributed by atoms with Gasteiger partial charge in [0, 0.05) is 12.6 Å². The molecule has 2 saturated carbocycles. The molecule has 0 aromatic carbocycles. The second-order valence-corrected chi connectivity index (χ2v) is 8.65. The van der Waals surface area contributed by atoms with Gasteiger partial charge in [0.15, 0.2) is 0 Å². The van der Waals surface area contributed by atoms with Crippen LogP contribution in [-0.2, 0) is 11.3 Å². The predicted octanol–water partition coefficient (Wildman–Crippen LogP) is 1.99. The lowest BCUT2D eigenvalue weighted by Crippen LogP contribution is -2.47. The van der Waals surface area contributed by atoms with Crippen LogP contribution in [0.25, 0.3) is 0 Å². The number of carbonyl (C=O) groups is 1. The van der Waals surface area contributed by atoms with E-state index in [1.165, 1.54) is 12.8 Å². The summed E-state index contributed by atoms with van der Waals surface area (Å²) in [6.45, 7) is 7.60. The number of piperidine rings is 1. The normalized spacial score (nSPS) is 32.3. The van der Waals surface area contributed by atoms with Crippen molar-refractivity contribution in [2.45, 2.75) is 58.5 Å². The Kier molecular flexibility index (Phi) is 5.06. The maximum atomic E-state index is 12.6. The van der Waals surface area contributed by atoms with Gasteiger partial charge in [-0.2, -0.15) is 0 Å². The molecule has 3 aliphatic rings. The van der Waals surface area contributed by atoms with E-state index in [9.17, 15) is 4.79 Å². The van der Waals surface area contributed by atoms with Crippen LogP contribution in [0.3, 0.4) is 0 Å². The number of aryl methyl sites for hydroxylation is 2. The minimum absolute atomic E-state index is 0.0605. The molecule has 2 aliphatic carbocycles. The van der Waals surface area contributed by atoms with E-state index in [0.29, 0.717) is 17.8 Å². The van der Waals surface area contributed by atoms with E-state index in [1.54, 1.807) is 0 Å². The molecule has 1 aromatic rings. The summed E-state index contributed by atoms with van der Waals surface area (Å²) in [5.74, 6) is 3.68. The van der Waals surface area contributed by atoms with E-state index in [0.717, 1.165) is 62.8 Å². The molecule has 6 nitrogen and oxygen atoms in total. The number of oxazole rings is 1. The van der Waals surface area contributed by atoms with E-state index < -0.39 is 0 Å². The minimum atomic E-state index is 0.0605. The van der Waals surface area contributed by atoms with Crippen LogP contribution in [0, 0.1) is 37.5 Å². The van der Waals surface area contributed by atoms with Crippen molar-refractivity contribution in [3.05, 3.63) is 17.3 Å². The van der Waals surface area contributed by atoms with E-state index in [4.69, 9.17) is 10.2 Å². The second kappa shape index (κ2) is 7.31. The summed E-state index contributed by atoms with van der Waals surface area (Å²) in [5, 5.41) is 3.22. The Balaban J connectivity index is 1.20. The van der Waals surface area contributed by atoms with E-state index in [1.807, 2.05) is 13.8 Å². The highest BCUT2D eigenvalue weighted by Gasteiger charge is 2.49. The van der Waals surface area contributed by atoms with Crippen molar-refractivity contribution >= 4 is 5.91 Å². The Morgan fingerprint density at radius 1 is 1.23 bits per heavy atom. The summed E-state index contributed by atoms with van der Waals surface area (Å²) in [4.78, 5) is 19.5. The zero-order valence-electron chi connectivity index (χ0n) is 16.0. The molecule has 2 heterocycles. The molecule has 1 saturated heterocycles. The average Bonchev–Trinajstić information content (AvgIpc) is 3.29. The SMILES string of the molecule is Cc1nc(CN2CCC(CNC(=O)C3C4CCC(C4)C3N)CC2)oc1C. The molecule has 144 valence electrons. The largest absolute Gasteiger partial charge is 0.444 e. The Morgan fingerprint density at radius 2 is 1.96 bits per heavy atom. The summed E-state index contributed by atoms with van der Waals surface area (Å²) in [7, 11) is 0. The Morgan fingerprint density at radius 3 is 2.58 bits per heavy atom. The summed E-state index contributed by atoms with van der Waals surface area (Å²) >= 11 is 0. The van der Waals surface area contributed by atoms with Crippen molar-refractivity contribution in [3.63, 3.8) is 0 Å². The van der Waals surface area contributed by atoms with Crippen molar-refractivity contribution in [2.75, 3.05) is 19.6 Å². The molecular weight excluding hydrogens is 328 g/mol. The van der Waals surface area contributed by atoms with Gasteiger partial charge in [0.2, 0.25) is 11.8 Å². The number of nitrogens with zero attached hydrogens (tertiary/aromatic N) is 2. The highest BCUT2D eigenvalue weighted by Crippen LogP contribution is 2.47. The summed E-state index contributed by atoms with van der Waals surface area (Å²) in [5.41, 5.74) is 7.28. The highest BCUT2D eigenvalue weighted by molar-refractivity contribution is 5.80. The average molecular weight is 361 g/mol. The molecule has 2 bridgehead atoms. The quantitative estimate of drug-likeness (QED) is 0.839. The standard InChI is InChI=1S/C20H32N4O2/c1-12-13(2)26-17(23-12)11-24-7-5-14(6-8-24)10-22-20(25)18-15-3-4-16(9-15)19(18)21/h14-16,18-19H,3-11,21H2,1-2H3,(H,22,25). The van der Waals surface area contributed by atoms with Crippen LogP contribution in [0.15, 0.2) is 4.42 Å². The molecule has 4 atom stereocenters. The van der Waals surface area contributed by atoms with Gasteiger partial charge in [0.1, 0.15) is 5.76 Å². The fourth-order valence-electron chi connectivity index (χ4n) is 5.23. The number of nitrogens with one attached hydrogen (secondary N) is 1. The number of fused-ring (bicyclic) bond motifs is 2. The van der Waals surface area contributed by atoms with Crippen LogP contribution in [0.2, 0.25) is 0 Å². The van der Waals surface area contributed by atoms with Crippen LogP contribution < -0.4 is 11.1 Å². The fraction of sp³-hybridized carbons (Fsp3) is 0.800. The number of amides is 1. The smallest absolute Gasteiger partial charge is 0.224 e.